The highest BCUT2D eigenvalue weighted by molar-refractivity contribution is 6.23. The zero-order valence-corrected chi connectivity index (χ0v) is 19.4. The molecule has 2 amide bonds. The molecule has 12 nitrogen and oxygen atoms in total. The summed E-state index contributed by atoms with van der Waals surface area (Å²) in [4.78, 5) is 65.7. The highest BCUT2D eigenvalue weighted by Gasteiger charge is 2.64. The molecule has 0 aliphatic carbocycles. The largest absolute Gasteiger partial charge is 0.466 e. The van der Waals surface area contributed by atoms with Crippen molar-refractivity contribution in [3.63, 3.8) is 0 Å². The van der Waals surface area contributed by atoms with E-state index in [2.05, 4.69) is 0 Å². The van der Waals surface area contributed by atoms with Crippen molar-refractivity contribution >= 4 is 35.4 Å². The minimum Gasteiger partial charge on any atom is -0.466 e. The monoisotopic (exact) mass is 487 g/mol. The average molecular weight is 487 g/mol. The van der Waals surface area contributed by atoms with Crippen LogP contribution in [0.3, 0.4) is 0 Å². The number of benzene rings is 1. The highest BCUT2D eigenvalue weighted by Crippen LogP contribution is 2.54. The van der Waals surface area contributed by atoms with Crippen molar-refractivity contribution in [2.45, 2.75) is 25.7 Å². The van der Waals surface area contributed by atoms with Crippen molar-refractivity contribution in [3.8, 4) is 0 Å². The van der Waals surface area contributed by atoms with Crippen LogP contribution in [0.5, 0.6) is 0 Å². The van der Waals surface area contributed by atoms with Gasteiger partial charge in [-0.15, -0.1) is 0 Å². The summed E-state index contributed by atoms with van der Waals surface area (Å²) in [5.41, 5.74) is 8.62. The number of ether oxygens (including phenoxy) is 4. The standard InChI is InChI=1S/C23H25N3O9/c1-4-33-16(28)10-14-17(21(30)34-5-2)23(18(19(25)35-14)20(29)32-3)12-8-6-7-9-13(12)26(22(23)31)11-15(24)27/h6-9H,4-5,10-11,25H2,1-3H3,(H2,24,27). The topological polar surface area (TPSA) is 178 Å². The Labute approximate surface area is 200 Å². The van der Waals surface area contributed by atoms with Gasteiger partial charge < -0.3 is 35.3 Å². The molecule has 0 saturated carbocycles. The molecule has 35 heavy (non-hydrogen) atoms. The van der Waals surface area contributed by atoms with E-state index in [1.54, 1.807) is 19.1 Å². The van der Waals surface area contributed by atoms with E-state index in [0.717, 1.165) is 12.0 Å². The van der Waals surface area contributed by atoms with Gasteiger partial charge in [0.1, 0.15) is 35.3 Å². The molecular formula is C23H25N3O9. The predicted octanol–water partition coefficient (Wildman–Crippen LogP) is -0.0998. The minimum atomic E-state index is -2.24. The number of hydrogen-bond donors (Lipinski definition) is 2. The summed E-state index contributed by atoms with van der Waals surface area (Å²) in [7, 11) is 1.06. The molecule has 0 saturated heterocycles. The van der Waals surface area contributed by atoms with E-state index in [9.17, 15) is 24.0 Å². The zero-order chi connectivity index (χ0) is 25.9. The van der Waals surface area contributed by atoms with Gasteiger partial charge in [0.15, 0.2) is 0 Å². The Bertz CT molecular complexity index is 1170. The first-order valence-electron chi connectivity index (χ1n) is 10.7. The smallest absolute Gasteiger partial charge is 0.340 e. The third-order valence-electron chi connectivity index (χ3n) is 5.47. The second kappa shape index (κ2) is 9.87. The molecule has 186 valence electrons. The highest BCUT2D eigenvalue weighted by atomic mass is 16.5. The van der Waals surface area contributed by atoms with E-state index in [0.29, 0.717) is 0 Å². The third-order valence-corrected chi connectivity index (χ3v) is 5.47. The molecular weight excluding hydrogens is 462 g/mol. The van der Waals surface area contributed by atoms with Crippen LogP contribution in [0.4, 0.5) is 5.69 Å². The van der Waals surface area contributed by atoms with Gasteiger partial charge in [-0.2, -0.15) is 0 Å². The Kier molecular flexibility index (Phi) is 7.13. The summed E-state index contributed by atoms with van der Waals surface area (Å²) >= 11 is 0. The van der Waals surface area contributed by atoms with Gasteiger partial charge in [-0.05, 0) is 19.9 Å². The van der Waals surface area contributed by atoms with E-state index >= 15 is 0 Å². The number of esters is 3. The molecule has 3 rings (SSSR count). The lowest BCUT2D eigenvalue weighted by molar-refractivity contribution is -0.143. The van der Waals surface area contributed by atoms with Crippen LogP contribution < -0.4 is 16.4 Å². The van der Waals surface area contributed by atoms with Crippen molar-refractivity contribution in [1.82, 2.24) is 0 Å². The Morgan fingerprint density at radius 3 is 2.29 bits per heavy atom. The predicted molar refractivity (Wildman–Crippen MR) is 119 cm³/mol. The van der Waals surface area contributed by atoms with E-state index < -0.39 is 65.1 Å². The first kappa shape index (κ1) is 25.3. The molecule has 1 atom stereocenters. The molecule has 12 heteroatoms. The molecule has 2 aliphatic rings. The number of hydrogen-bond acceptors (Lipinski definition) is 10. The van der Waals surface area contributed by atoms with Gasteiger partial charge >= 0.3 is 17.9 Å². The maximum Gasteiger partial charge on any atom is 0.340 e. The van der Waals surface area contributed by atoms with Gasteiger partial charge in [-0.1, -0.05) is 18.2 Å². The molecule has 1 aromatic rings. The maximum atomic E-state index is 14.1. The van der Waals surface area contributed by atoms with Gasteiger partial charge in [0.05, 0.1) is 20.3 Å². The summed E-state index contributed by atoms with van der Waals surface area (Å²) in [6.07, 6.45) is -0.593. The lowest BCUT2D eigenvalue weighted by Crippen LogP contribution is -2.52. The van der Waals surface area contributed by atoms with Crippen LogP contribution in [0.2, 0.25) is 0 Å². The number of rotatable bonds is 8. The SMILES string of the molecule is CCOC(=O)CC1=C(C(=O)OCC)C2(C(=O)N(CC(N)=O)c3ccccc32)C(C(=O)OC)=C(N)O1. The van der Waals surface area contributed by atoms with Crippen molar-refractivity contribution in [1.29, 1.82) is 0 Å². The molecule has 0 aromatic heterocycles. The van der Waals surface area contributed by atoms with Gasteiger partial charge in [-0.25, -0.2) is 9.59 Å². The second-order valence-electron chi connectivity index (χ2n) is 7.46. The summed E-state index contributed by atoms with van der Waals surface area (Å²) in [5, 5.41) is 0. The average Bonchev–Trinajstić information content (AvgIpc) is 3.02. The minimum absolute atomic E-state index is 0.0406. The van der Waals surface area contributed by atoms with Crippen LogP contribution in [0.15, 0.2) is 47.1 Å². The molecule has 1 unspecified atom stereocenters. The van der Waals surface area contributed by atoms with Gasteiger partial charge in [0, 0.05) is 11.3 Å². The molecule has 1 aromatic carbocycles. The van der Waals surface area contributed by atoms with Crippen LogP contribution in [0.1, 0.15) is 25.8 Å². The number of carbonyl (C=O) groups excluding carboxylic acids is 5. The van der Waals surface area contributed by atoms with E-state index in [1.165, 1.54) is 19.1 Å². The molecule has 1 spiro atoms. The number of methoxy groups -OCH3 is 1. The maximum absolute atomic E-state index is 14.1. The summed E-state index contributed by atoms with van der Waals surface area (Å²) in [6.45, 7) is 2.51. The van der Waals surface area contributed by atoms with Gasteiger partial charge in [0.2, 0.25) is 17.7 Å². The second-order valence-corrected chi connectivity index (χ2v) is 7.46. The van der Waals surface area contributed by atoms with Crippen molar-refractivity contribution in [3.05, 3.63) is 52.6 Å². The van der Waals surface area contributed by atoms with Crippen molar-refractivity contribution in [2.75, 3.05) is 31.8 Å². The van der Waals surface area contributed by atoms with Crippen LogP contribution in [0, 0.1) is 0 Å². The number of nitrogens with two attached hydrogens (primary N) is 2. The quantitative estimate of drug-likeness (QED) is 0.372. The lowest BCUT2D eigenvalue weighted by atomic mass is 9.67. The third kappa shape index (κ3) is 4.07. The van der Waals surface area contributed by atoms with E-state index in [1.807, 2.05) is 0 Å². The summed E-state index contributed by atoms with van der Waals surface area (Å²) in [6, 6.07) is 6.16. The normalized spacial score (nSPS) is 18.8. The molecule has 2 aliphatic heterocycles. The summed E-state index contributed by atoms with van der Waals surface area (Å²) < 4.78 is 20.6. The van der Waals surface area contributed by atoms with Crippen LogP contribution in [0.25, 0.3) is 0 Å². The van der Waals surface area contributed by atoms with Crippen molar-refractivity contribution < 1.29 is 42.9 Å². The Hall–Kier alpha value is -4.35. The number of carbonyl (C=O) groups is 5. The number of amides is 2. The number of primary amides is 1. The van der Waals surface area contributed by atoms with Gasteiger partial charge in [0.25, 0.3) is 0 Å². The van der Waals surface area contributed by atoms with Crippen LogP contribution >= 0.6 is 0 Å². The molecule has 0 bridgehead atoms. The summed E-state index contributed by atoms with van der Waals surface area (Å²) in [5.74, 6) is -5.52. The molecule has 0 radical (unpaired) electrons. The number of para-hydroxylation sites is 1. The van der Waals surface area contributed by atoms with Crippen LogP contribution in [-0.2, 0) is 48.3 Å². The lowest BCUT2D eigenvalue weighted by Gasteiger charge is -2.36. The Morgan fingerprint density at radius 1 is 1.03 bits per heavy atom. The number of anilines is 1. The Balaban J connectivity index is 2.45. The van der Waals surface area contributed by atoms with E-state index in [-0.39, 0.29) is 30.2 Å². The molecule has 2 heterocycles. The Morgan fingerprint density at radius 2 is 1.69 bits per heavy atom. The van der Waals surface area contributed by atoms with Crippen LogP contribution in [-0.4, -0.2) is 56.6 Å². The zero-order valence-electron chi connectivity index (χ0n) is 19.4. The first-order valence-corrected chi connectivity index (χ1v) is 10.7. The first-order chi connectivity index (χ1) is 16.6. The molecule has 0 fully saturated rings. The number of fused-ring (bicyclic) bond motifs is 2. The van der Waals surface area contributed by atoms with E-state index in [4.69, 9.17) is 30.4 Å². The fourth-order valence-electron chi connectivity index (χ4n) is 4.30. The number of nitrogens with zero attached hydrogens (tertiary/aromatic N) is 1. The fraction of sp³-hybridized carbons (Fsp3) is 0.348. The van der Waals surface area contributed by atoms with Gasteiger partial charge in [-0.3, -0.25) is 14.4 Å². The van der Waals surface area contributed by atoms with Crippen molar-refractivity contribution in [2.24, 2.45) is 11.5 Å². The molecule has 4 N–H and O–H groups in total. The fourth-order valence-corrected chi connectivity index (χ4v) is 4.30.